The van der Waals surface area contributed by atoms with Crippen LogP contribution in [0.5, 0.6) is 5.75 Å². The summed E-state index contributed by atoms with van der Waals surface area (Å²) in [6.07, 6.45) is 0. The Hall–Kier alpha value is -3.41. The fraction of sp³-hybridized carbons (Fsp3) is 0.150. The summed E-state index contributed by atoms with van der Waals surface area (Å²) >= 11 is 0. The molecule has 0 unspecified atom stereocenters. The van der Waals surface area contributed by atoms with Gasteiger partial charge in [-0.3, -0.25) is 9.59 Å². The standard InChI is InChI=1S/C20H19N3O3/c1-13-8-7-9-14(2)18(13)21-20(25)19-16(26-3)12-17(24)23(22-19)15-10-5-4-6-11-15/h4-12H,1-3H3,(H,21,25). The van der Waals surface area contributed by atoms with Gasteiger partial charge in [0.1, 0.15) is 0 Å². The van der Waals surface area contributed by atoms with E-state index in [9.17, 15) is 9.59 Å². The van der Waals surface area contributed by atoms with Crippen LogP contribution in [0.15, 0.2) is 59.4 Å². The van der Waals surface area contributed by atoms with Crippen LogP contribution in [0.2, 0.25) is 0 Å². The fourth-order valence-electron chi connectivity index (χ4n) is 2.69. The van der Waals surface area contributed by atoms with E-state index in [0.29, 0.717) is 5.69 Å². The predicted octanol–water partition coefficient (Wildman–Crippen LogP) is 3.11. The van der Waals surface area contributed by atoms with Gasteiger partial charge in [-0.05, 0) is 37.1 Å². The van der Waals surface area contributed by atoms with Crippen LogP contribution in [0.25, 0.3) is 5.69 Å². The van der Waals surface area contributed by atoms with E-state index >= 15 is 0 Å². The van der Waals surface area contributed by atoms with Crippen molar-refractivity contribution in [1.29, 1.82) is 0 Å². The largest absolute Gasteiger partial charge is 0.494 e. The van der Waals surface area contributed by atoms with Crippen molar-refractivity contribution in [3.63, 3.8) is 0 Å². The van der Waals surface area contributed by atoms with Gasteiger partial charge < -0.3 is 10.1 Å². The molecule has 1 aromatic heterocycles. The first-order chi connectivity index (χ1) is 12.5. The van der Waals surface area contributed by atoms with Crippen molar-refractivity contribution in [2.45, 2.75) is 13.8 Å². The SMILES string of the molecule is COc1cc(=O)n(-c2ccccc2)nc1C(=O)Nc1c(C)cccc1C. The minimum Gasteiger partial charge on any atom is -0.494 e. The number of aromatic nitrogens is 2. The lowest BCUT2D eigenvalue weighted by Crippen LogP contribution is -2.26. The maximum atomic E-state index is 12.8. The van der Waals surface area contributed by atoms with E-state index in [4.69, 9.17) is 4.74 Å². The quantitative estimate of drug-likeness (QED) is 0.785. The minimum absolute atomic E-state index is 0.0404. The van der Waals surface area contributed by atoms with Gasteiger partial charge in [-0.15, -0.1) is 0 Å². The van der Waals surface area contributed by atoms with Crippen LogP contribution in [0.1, 0.15) is 21.6 Å². The summed E-state index contributed by atoms with van der Waals surface area (Å²) in [6.45, 7) is 3.83. The molecular weight excluding hydrogens is 330 g/mol. The molecule has 0 aliphatic rings. The van der Waals surface area contributed by atoms with E-state index in [2.05, 4.69) is 10.4 Å². The zero-order valence-corrected chi connectivity index (χ0v) is 14.8. The second-order valence-electron chi connectivity index (χ2n) is 5.87. The number of nitrogens with zero attached hydrogens (tertiary/aromatic N) is 2. The van der Waals surface area contributed by atoms with Crippen LogP contribution in [-0.4, -0.2) is 22.8 Å². The number of carbonyl (C=O) groups excluding carboxylic acids is 1. The molecule has 0 spiro atoms. The molecule has 1 amide bonds. The second-order valence-corrected chi connectivity index (χ2v) is 5.87. The molecular formula is C20H19N3O3. The number of anilines is 1. The van der Waals surface area contributed by atoms with Gasteiger partial charge in [0, 0.05) is 5.69 Å². The second kappa shape index (κ2) is 7.23. The van der Waals surface area contributed by atoms with Crippen LogP contribution < -0.4 is 15.6 Å². The summed E-state index contributed by atoms with van der Waals surface area (Å²) in [7, 11) is 1.40. The van der Waals surface area contributed by atoms with E-state index in [1.165, 1.54) is 17.9 Å². The van der Waals surface area contributed by atoms with Crippen LogP contribution in [0.4, 0.5) is 5.69 Å². The monoisotopic (exact) mass is 349 g/mol. The van der Waals surface area contributed by atoms with E-state index in [1.807, 2.05) is 38.1 Å². The van der Waals surface area contributed by atoms with Gasteiger partial charge in [0.2, 0.25) is 0 Å². The van der Waals surface area contributed by atoms with Crippen molar-refractivity contribution in [2.75, 3.05) is 12.4 Å². The molecule has 6 nitrogen and oxygen atoms in total. The Kier molecular flexibility index (Phi) is 4.84. The average molecular weight is 349 g/mol. The highest BCUT2D eigenvalue weighted by atomic mass is 16.5. The van der Waals surface area contributed by atoms with Crippen LogP contribution in [0, 0.1) is 13.8 Å². The highest BCUT2D eigenvalue weighted by Gasteiger charge is 2.19. The first kappa shape index (κ1) is 17.4. The number of hydrogen-bond donors (Lipinski definition) is 1. The lowest BCUT2D eigenvalue weighted by atomic mass is 10.1. The first-order valence-corrected chi connectivity index (χ1v) is 8.12. The van der Waals surface area contributed by atoms with Crippen molar-refractivity contribution in [3.8, 4) is 11.4 Å². The Bertz CT molecular complexity index is 990. The van der Waals surface area contributed by atoms with Gasteiger partial charge in [0.05, 0.1) is 18.9 Å². The summed E-state index contributed by atoms with van der Waals surface area (Å²) in [5.41, 5.74) is 2.83. The van der Waals surface area contributed by atoms with Crippen LogP contribution >= 0.6 is 0 Å². The lowest BCUT2D eigenvalue weighted by Gasteiger charge is -2.14. The van der Waals surface area contributed by atoms with Crippen molar-refractivity contribution in [1.82, 2.24) is 9.78 Å². The number of amides is 1. The number of rotatable bonds is 4. The smallest absolute Gasteiger partial charge is 0.280 e. The zero-order chi connectivity index (χ0) is 18.7. The van der Waals surface area contributed by atoms with E-state index in [1.54, 1.807) is 24.3 Å². The van der Waals surface area contributed by atoms with Gasteiger partial charge in [0.25, 0.3) is 11.5 Å². The molecule has 1 heterocycles. The Morgan fingerprint density at radius 1 is 1.04 bits per heavy atom. The lowest BCUT2D eigenvalue weighted by molar-refractivity contribution is 0.101. The highest BCUT2D eigenvalue weighted by molar-refractivity contribution is 6.05. The molecule has 0 radical (unpaired) electrons. The topological polar surface area (TPSA) is 73.2 Å². The summed E-state index contributed by atoms with van der Waals surface area (Å²) in [5, 5.41) is 7.11. The zero-order valence-electron chi connectivity index (χ0n) is 14.8. The number of para-hydroxylation sites is 2. The summed E-state index contributed by atoms with van der Waals surface area (Å²) in [4.78, 5) is 25.2. The number of nitrogens with one attached hydrogen (secondary N) is 1. The van der Waals surface area contributed by atoms with Gasteiger partial charge in [0.15, 0.2) is 11.4 Å². The average Bonchev–Trinajstić information content (AvgIpc) is 2.65. The molecule has 26 heavy (non-hydrogen) atoms. The number of benzene rings is 2. The summed E-state index contributed by atoms with van der Waals surface area (Å²) in [5.74, 6) is -0.310. The minimum atomic E-state index is -0.441. The number of carbonyl (C=O) groups is 1. The van der Waals surface area contributed by atoms with Crippen molar-refractivity contribution >= 4 is 11.6 Å². The van der Waals surface area contributed by atoms with Gasteiger partial charge >= 0.3 is 0 Å². The number of hydrogen-bond acceptors (Lipinski definition) is 4. The van der Waals surface area contributed by atoms with Gasteiger partial charge in [-0.2, -0.15) is 9.78 Å². The Labute approximate surface area is 151 Å². The molecule has 0 saturated heterocycles. The highest BCUT2D eigenvalue weighted by Crippen LogP contribution is 2.22. The Balaban J connectivity index is 2.06. The first-order valence-electron chi connectivity index (χ1n) is 8.12. The molecule has 1 N–H and O–H groups in total. The Morgan fingerprint density at radius 2 is 1.69 bits per heavy atom. The van der Waals surface area contributed by atoms with Crippen molar-refractivity contribution in [3.05, 3.63) is 81.8 Å². The third kappa shape index (κ3) is 3.35. The van der Waals surface area contributed by atoms with Crippen LogP contribution in [-0.2, 0) is 0 Å². The maximum Gasteiger partial charge on any atom is 0.280 e. The molecule has 0 aliphatic carbocycles. The number of ether oxygens (including phenoxy) is 1. The molecule has 132 valence electrons. The molecule has 0 aliphatic heterocycles. The van der Waals surface area contributed by atoms with E-state index in [-0.39, 0.29) is 17.0 Å². The molecule has 6 heteroatoms. The molecule has 0 fully saturated rings. The molecule has 0 bridgehead atoms. The normalized spacial score (nSPS) is 10.4. The van der Waals surface area contributed by atoms with Crippen LogP contribution in [0.3, 0.4) is 0 Å². The van der Waals surface area contributed by atoms with E-state index < -0.39 is 5.91 Å². The maximum absolute atomic E-state index is 12.8. The van der Waals surface area contributed by atoms with Gasteiger partial charge in [-0.1, -0.05) is 36.4 Å². The number of methoxy groups -OCH3 is 1. The molecule has 3 rings (SSSR count). The van der Waals surface area contributed by atoms with E-state index in [0.717, 1.165) is 16.8 Å². The Morgan fingerprint density at radius 3 is 2.31 bits per heavy atom. The summed E-state index contributed by atoms with van der Waals surface area (Å²) < 4.78 is 6.38. The van der Waals surface area contributed by atoms with Crippen molar-refractivity contribution in [2.24, 2.45) is 0 Å². The third-order valence-electron chi connectivity index (χ3n) is 4.05. The van der Waals surface area contributed by atoms with Crippen molar-refractivity contribution < 1.29 is 9.53 Å². The number of aryl methyl sites for hydroxylation is 2. The fourth-order valence-corrected chi connectivity index (χ4v) is 2.69. The molecule has 0 saturated carbocycles. The van der Waals surface area contributed by atoms with Gasteiger partial charge in [-0.25, -0.2) is 0 Å². The summed E-state index contributed by atoms with van der Waals surface area (Å²) in [6, 6.07) is 15.9. The predicted molar refractivity (Wildman–Crippen MR) is 100 cm³/mol. The molecule has 0 atom stereocenters. The third-order valence-corrected chi connectivity index (χ3v) is 4.05. The molecule has 3 aromatic rings. The molecule has 2 aromatic carbocycles.